The van der Waals surface area contributed by atoms with Crippen LogP contribution in [0.15, 0.2) is 16.9 Å². The van der Waals surface area contributed by atoms with Crippen molar-refractivity contribution in [2.24, 2.45) is 5.41 Å². The number of carboxylic acid groups (broad SMARTS) is 1. The van der Waals surface area contributed by atoms with E-state index in [0.29, 0.717) is 12.8 Å². The second-order valence-corrected chi connectivity index (χ2v) is 3.58. The first kappa shape index (κ1) is 9.70. The van der Waals surface area contributed by atoms with E-state index in [2.05, 4.69) is 15.0 Å². The van der Waals surface area contributed by atoms with Crippen molar-refractivity contribution in [1.82, 2.24) is 5.16 Å². The van der Waals surface area contributed by atoms with Crippen molar-refractivity contribution >= 4 is 17.7 Å². The van der Waals surface area contributed by atoms with E-state index in [9.17, 15) is 9.59 Å². The van der Waals surface area contributed by atoms with E-state index in [-0.39, 0.29) is 5.82 Å². The van der Waals surface area contributed by atoms with Gasteiger partial charge in [-0.1, -0.05) is 11.6 Å². The fourth-order valence-electron chi connectivity index (χ4n) is 1.58. The molecule has 2 rings (SSSR count). The first-order valence-corrected chi connectivity index (χ1v) is 4.60. The number of nitrogens with one attached hydrogen (secondary N) is 1. The molecular formula is C9H10N2O4. The highest BCUT2D eigenvalue weighted by Gasteiger charge is 2.51. The van der Waals surface area contributed by atoms with Crippen molar-refractivity contribution in [2.75, 3.05) is 5.32 Å². The third kappa shape index (κ3) is 1.47. The summed E-state index contributed by atoms with van der Waals surface area (Å²) < 4.78 is 4.53. The highest BCUT2D eigenvalue weighted by atomic mass is 16.5. The molecule has 0 saturated heterocycles. The third-order valence-corrected chi connectivity index (χ3v) is 2.73. The number of amides is 1. The summed E-state index contributed by atoms with van der Waals surface area (Å²) in [4.78, 5) is 22.7. The standard InChI is InChI=1S/C9H10N2O4/c12-7(10-6-2-5-15-11-6)9(8(13)14)3-1-4-9/h2,5H,1,3-4H2,(H,13,14)(H,10,11,12). The number of anilines is 1. The SMILES string of the molecule is O=C(O)C1(C(=O)Nc2ccon2)CCC1. The molecule has 1 heterocycles. The molecule has 6 heteroatoms. The molecule has 0 bridgehead atoms. The second-order valence-electron chi connectivity index (χ2n) is 3.58. The van der Waals surface area contributed by atoms with Gasteiger partial charge in [0, 0.05) is 6.07 Å². The van der Waals surface area contributed by atoms with Crippen LogP contribution in [-0.4, -0.2) is 22.1 Å². The average Bonchev–Trinajstić information content (AvgIpc) is 2.53. The fourth-order valence-corrected chi connectivity index (χ4v) is 1.58. The van der Waals surface area contributed by atoms with Gasteiger partial charge in [-0.3, -0.25) is 9.59 Å². The van der Waals surface area contributed by atoms with Crippen LogP contribution in [0.3, 0.4) is 0 Å². The molecule has 1 saturated carbocycles. The lowest BCUT2D eigenvalue weighted by molar-refractivity contribution is -0.159. The number of aliphatic carboxylic acids is 1. The van der Waals surface area contributed by atoms with Crippen molar-refractivity contribution in [3.63, 3.8) is 0 Å². The van der Waals surface area contributed by atoms with Gasteiger partial charge in [0.1, 0.15) is 11.7 Å². The van der Waals surface area contributed by atoms with Crippen molar-refractivity contribution < 1.29 is 19.2 Å². The number of carbonyl (C=O) groups is 2. The highest BCUT2D eigenvalue weighted by molar-refractivity contribution is 6.08. The molecule has 0 radical (unpaired) electrons. The molecule has 0 aromatic carbocycles. The molecular weight excluding hydrogens is 200 g/mol. The Morgan fingerprint density at radius 1 is 1.53 bits per heavy atom. The number of nitrogens with zero attached hydrogens (tertiary/aromatic N) is 1. The van der Waals surface area contributed by atoms with Crippen LogP contribution in [-0.2, 0) is 9.59 Å². The summed E-state index contributed by atoms with van der Waals surface area (Å²) >= 11 is 0. The molecule has 1 aromatic rings. The second kappa shape index (κ2) is 3.38. The lowest BCUT2D eigenvalue weighted by Gasteiger charge is -2.35. The smallest absolute Gasteiger partial charge is 0.319 e. The van der Waals surface area contributed by atoms with Gasteiger partial charge in [0.15, 0.2) is 5.82 Å². The molecule has 80 valence electrons. The van der Waals surface area contributed by atoms with Crippen molar-refractivity contribution in [3.05, 3.63) is 12.3 Å². The molecule has 1 aliphatic rings. The summed E-state index contributed by atoms with van der Waals surface area (Å²) in [6.45, 7) is 0. The molecule has 1 fully saturated rings. The Kier molecular flexibility index (Phi) is 2.18. The van der Waals surface area contributed by atoms with Gasteiger partial charge in [-0.2, -0.15) is 0 Å². The fraction of sp³-hybridized carbons (Fsp3) is 0.444. The highest BCUT2D eigenvalue weighted by Crippen LogP contribution is 2.42. The molecule has 1 amide bonds. The Hall–Kier alpha value is -1.85. The molecule has 1 aromatic heterocycles. The van der Waals surface area contributed by atoms with Crippen LogP contribution in [0.2, 0.25) is 0 Å². The van der Waals surface area contributed by atoms with Gasteiger partial charge in [-0.05, 0) is 12.8 Å². The molecule has 0 aliphatic heterocycles. The maximum atomic E-state index is 11.7. The van der Waals surface area contributed by atoms with Gasteiger partial charge in [0.25, 0.3) is 0 Å². The minimum absolute atomic E-state index is 0.243. The lowest BCUT2D eigenvalue weighted by Crippen LogP contribution is -2.48. The largest absolute Gasteiger partial charge is 0.480 e. The Balaban J connectivity index is 2.10. The van der Waals surface area contributed by atoms with Gasteiger partial charge in [-0.15, -0.1) is 0 Å². The number of hydrogen-bond donors (Lipinski definition) is 2. The van der Waals surface area contributed by atoms with E-state index >= 15 is 0 Å². The van der Waals surface area contributed by atoms with Crippen LogP contribution in [0.1, 0.15) is 19.3 Å². The molecule has 0 atom stereocenters. The predicted octanol–water partition coefficient (Wildman–Crippen LogP) is 0.868. The van der Waals surface area contributed by atoms with Gasteiger partial charge in [0.2, 0.25) is 5.91 Å². The number of aromatic nitrogens is 1. The van der Waals surface area contributed by atoms with Crippen molar-refractivity contribution in [2.45, 2.75) is 19.3 Å². The Bertz CT molecular complexity index is 381. The maximum absolute atomic E-state index is 11.7. The Morgan fingerprint density at radius 3 is 2.67 bits per heavy atom. The van der Waals surface area contributed by atoms with Crippen LogP contribution < -0.4 is 5.32 Å². The van der Waals surface area contributed by atoms with E-state index in [4.69, 9.17) is 5.11 Å². The monoisotopic (exact) mass is 210 g/mol. The average molecular weight is 210 g/mol. The summed E-state index contributed by atoms with van der Waals surface area (Å²) in [5, 5.41) is 14.9. The zero-order valence-electron chi connectivity index (χ0n) is 7.90. The van der Waals surface area contributed by atoms with Crippen LogP contribution in [0.25, 0.3) is 0 Å². The molecule has 0 unspecified atom stereocenters. The van der Waals surface area contributed by atoms with Crippen LogP contribution in [0.5, 0.6) is 0 Å². The normalized spacial score (nSPS) is 17.9. The van der Waals surface area contributed by atoms with Gasteiger partial charge >= 0.3 is 5.97 Å². The predicted molar refractivity (Wildman–Crippen MR) is 49.1 cm³/mol. The minimum atomic E-state index is -1.26. The molecule has 15 heavy (non-hydrogen) atoms. The topological polar surface area (TPSA) is 92.4 Å². The molecule has 2 N–H and O–H groups in total. The van der Waals surface area contributed by atoms with Gasteiger partial charge < -0.3 is 14.9 Å². The third-order valence-electron chi connectivity index (χ3n) is 2.73. The van der Waals surface area contributed by atoms with E-state index in [1.807, 2.05) is 0 Å². The zero-order chi connectivity index (χ0) is 10.9. The number of carboxylic acids is 1. The minimum Gasteiger partial charge on any atom is -0.480 e. The summed E-state index contributed by atoms with van der Waals surface area (Å²) in [7, 11) is 0. The van der Waals surface area contributed by atoms with E-state index < -0.39 is 17.3 Å². The zero-order valence-corrected chi connectivity index (χ0v) is 7.90. The van der Waals surface area contributed by atoms with E-state index in [1.165, 1.54) is 12.3 Å². The first-order valence-electron chi connectivity index (χ1n) is 4.60. The summed E-state index contributed by atoms with van der Waals surface area (Å²) in [5.41, 5.74) is -1.26. The number of carbonyl (C=O) groups excluding carboxylic acids is 1. The quantitative estimate of drug-likeness (QED) is 0.722. The Morgan fingerprint density at radius 2 is 2.27 bits per heavy atom. The van der Waals surface area contributed by atoms with Gasteiger partial charge in [-0.25, -0.2) is 0 Å². The lowest BCUT2D eigenvalue weighted by atomic mass is 9.68. The molecule has 6 nitrogen and oxygen atoms in total. The van der Waals surface area contributed by atoms with Crippen LogP contribution in [0, 0.1) is 5.41 Å². The van der Waals surface area contributed by atoms with Crippen LogP contribution >= 0.6 is 0 Å². The number of hydrogen-bond acceptors (Lipinski definition) is 4. The molecule has 0 spiro atoms. The summed E-state index contributed by atoms with van der Waals surface area (Å²) in [6, 6.07) is 1.46. The van der Waals surface area contributed by atoms with Gasteiger partial charge in [0.05, 0.1) is 0 Å². The van der Waals surface area contributed by atoms with Crippen molar-refractivity contribution in [3.8, 4) is 0 Å². The van der Waals surface area contributed by atoms with E-state index in [0.717, 1.165) is 6.42 Å². The molecule has 1 aliphatic carbocycles. The van der Waals surface area contributed by atoms with Crippen LogP contribution in [0.4, 0.5) is 5.82 Å². The van der Waals surface area contributed by atoms with E-state index in [1.54, 1.807) is 0 Å². The number of rotatable bonds is 3. The first-order chi connectivity index (χ1) is 7.15. The maximum Gasteiger partial charge on any atom is 0.319 e. The summed E-state index contributed by atoms with van der Waals surface area (Å²) in [5.74, 6) is -1.35. The van der Waals surface area contributed by atoms with Crippen molar-refractivity contribution in [1.29, 1.82) is 0 Å². The Labute approximate surface area is 85.2 Å². The summed E-state index contributed by atoms with van der Waals surface area (Å²) in [6.07, 6.45) is 2.83.